The molecule has 0 aliphatic heterocycles. The van der Waals surface area contributed by atoms with Gasteiger partial charge < -0.3 is 15.4 Å². The van der Waals surface area contributed by atoms with Crippen molar-refractivity contribution in [2.75, 3.05) is 20.7 Å². The third-order valence-electron chi connectivity index (χ3n) is 3.37. The van der Waals surface area contributed by atoms with Crippen LogP contribution in [0.4, 0.5) is 0 Å². The lowest BCUT2D eigenvalue weighted by molar-refractivity contribution is -0.125. The van der Waals surface area contributed by atoms with E-state index in [-0.39, 0.29) is 17.9 Å². The maximum Gasteiger partial charge on any atom is 0.224 e. The topological polar surface area (TPSA) is 50.4 Å². The normalized spacial score (nSPS) is 13.6. The van der Waals surface area contributed by atoms with Crippen molar-refractivity contribution < 1.29 is 9.53 Å². The fourth-order valence-corrected chi connectivity index (χ4v) is 2.03. The van der Waals surface area contributed by atoms with Gasteiger partial charge in [0.1, 0.15) is 5.75 Å². The number of amides is 1. The van der Waals surface area contributed by atoms with E-state index < -0.39 is 0 Å². The maximum absolute atomic E-state index is 11.9. The summed E-state index contributed by atoms with van der Waals surface area (Å²) < 4.78 is 5.13. The largest absolute Gasteiger partial charge is 0.497 e. The summed E-state index contributed by atoms with van der Waals surface area (Å²) in [6.07, 6.45) is 1.89. The van der Waals surface area contributed by atoms with Crippen LogP contribution in [0.3, 0.4) is 0 Å². The third kappa shape index (κ3) is 5.61. The van der Waals surface area contributed by atoms with E-state index >= 15 is 0 Å². The SMILES string of the molecule is CNCC(C)C(=O)NC(C)CCc1ccc(OC)cc1. The molecule has 1 aromatic carbocycles. The maximum atomic E-state index is 11.9. The monoisotopic (exact) mass is 278 g/mol. The minimum atomic E-state index is 0.00318. The molecule has 112 valence electrons. The van der Waals surface area contributed by atoms with Crippen LogP contribution in [-0.4, -0.2) is 32.7 Å². The van der Waals surface area contributed by atoms with Gasteiger partial charge in [-0.15, -0.1) is 0 Å². The molecule has 0 fully saturated rings. The van der Waals surface area contributed by atoms with Crippen molar-refractivity contribution in [2.24, 2.45) is 5.92 Å². The fraction of sp³-hybridized carbons (Fsp3) is 0.562. The zero-order valence-corrected chi connectivity index (χ0v) is 12.9. The summed E-state index contributed by atoms with van der Waals surface area (Å²) >= 11 is 0. The van der Waals surface area contributed by atoms with Crippen molar-refractivity contribution in [2.45, 2.75) is 32.7 Å². The molecule has 0 saturated carbocycles. The molecule has 0 saturated heterocycles. The summed E-state index contributed by atoms with van der Waals surface area (Å²) in [5.41, 5.74) is 1.26. The van der Waals surface area contributed by atoms with Gasteiger partial charge in [-0.05, 0) is 44.5 Å². The Morgan fingerprint density at radius 1 is 1.25 bits per heavy atom. The molecule has 2 atom stereocenters. The van der Waals surface area contributed by atoms with E-state index in [9.17, 15) is 4.79 Å². The van der Waals surface area contributed by atoms with Crippen molar-refractivity contribution in [3.05, 3.63) is 29.8 Å². The van der Waals surface area contributed by atoms with Gasteiger partial charge >= 0.3 is 0 Å². The van der Waals surface area contributed by atoms with Crippen LogP contribution in [0.1, 0.15) is 25.8 Å². The highest BCUT2D eigenvalue weighted by atomic mass is 16.5. The number of nitrogens with one attached hydrogen (secondary N) is 2. The van der Waals surface area contributed by atoms with Crippen molar-refractivity contribution in [1.82, 2.24) is 10.6 Å². The summed E-state index contributed by atoms with van der Waals surface area (Å²) in [7, 11) is 3.52. The van der Waals surface area contributed by atoms with Crippen molar-refractivity contribution in [1.29, 1.82) is 0 Å². The van der Waals surface area contributed by atoms with Crippen molar-refractivity contribution in [3.8, 4) is 5.75 Å². The second-order valence-corrected chi connectivity index (χ2v) is 5.26. The average molecular weight is 278 g/mol. The van der Waals surface area contributed by atoms with E-state index in [1.807, 2.05) is 33.0 Å². The molecule has 0 heterocycles. The Labute approximate surface area is 121 Å². The van der Waals surface area contributed by atoms with Gasteiger partial charge in [0.2, 0.25) is 5.91 Å². The van der Waals surface area contributed by atoms with Gasteiger partial charge in [-0.3, -0.25) is 4.79 Å². The summed E-state index contributed by atoms with van der Waals surface area (Å²) in [5.74, 6) is 0.987. The second kappa shape index (κ2) is 8.59. The van der Waals surface area contributed by atoms with Gasteiger partial charge in [0.25, 0.3) is 0 Å². The fourth-order valence-electron chi connectivity index (χ4n) is 2.03. The van der Waals surface area contributed by atoms with E-state index in [0.717, 1.165) is 18.6 Å². The van der Waals surface area contributed by atoms with Gasteiger partial charge in [-0.1, -0.05) is 19.1 Å². The number of carbonyl (C=O) groups is 1. The van der Waals surface area contributed by atoms with Crippen molar-refractivity contribution >= 4 is 5.91 Å². The van der Waals surface area contributed by atoms with Crippen LogP contribution < -0.4 is 15.4 Å². The van der Waals surface area contributed by atoms with Gasteiger partial charge in [0, 0.05) is 18.5 Å². The smallest absolute Gasteiger partial charge is 0.224 e. The minimum Gasteiger partial charge on any atom is -0.497 e. The number of hydrogen-bond acceptors (Lipinski definition) is 3. The Hall–Kier alpha value is -1.55. The number of hydrogen-bond donors (Lipinski definition) is 2. The Morgan fingerprint density at radius 2 is 1.90 bits per heavy atom. The standard InChI is InChI=1S/C16H26N2O2/c1-12(11-17-3)16(19)18-13(2)5-6-14-7-9-15(20-4)10-8-14/h7-10,12-13,17H,5-6,11H2,1-4H3,(H,18,19). The molecule has 0 aromatic heterocycles. The van der Waals surface area contributed by atoms with Crippen LogP contribution in [0.25, 0.3) is 0 Å². The van der Waals surface area contributed by atoms with Crippen LogP contribution >= 0.6 is 0 Å². The summed E-state index contributed by atoms with van der Waals surface area (Å²) in [6.45, 7) is 4.69. The molecule has 0 bridgehead atoms. The van der Waals surface area contributed by atoms with Crippen LogP contribution in [0.5, 0.6) is 5.75 Å². The second-order valence-electron chi connectivity index (χ2n) is 5.26. The minimum absolute atomic E-state index is 0.00318. The first-order valence-corrected chi connectivity index (χ1v) is 7.14. The predicted octanol–water partition coefficient (Wildman–Crippen LogP) is 1.99. The summed E-state index contributed by atoms with van der Waals surface area (Å²) in [6, 6.07) is 8.25. The van der Waals surface area contributed by atoms with Crippen LogP contribution in [0, 0.1) is 5.92 Å². The Balaban J connectivity index is 2.35. The van der Waals surface area contributed by atoms with Crippen LogP contribution in [0.15, 0.2) is 24.3 Å². The zero-order chi connectivity index (χ0) is 15.0. The number of rotatable bonds is 8. The molecule has 2 unspecified atom stereocenters. The zero-order valence-electron chi connectivity index (χ0n) is 12.9. The number of aryl methyl sites for hydroxylation is 1. The lowest BCUT2D eigenvalue weighted by Crippen LogP contribution is -2.39. The van der Waals surface area contributed by atoms with Crippen LogP contribution in [-0.2, 0) is 11.2 Å². The summed E-state index contributed by atoms with van der Waals surface area (Å²) in [4.78, 5) is 11.9. The lowest BCUT2D eigenvalue weighted by atomic mass is 10.0. The Bertz CT molecular complexity index is 403. The highest BCUT2D eigenvalue weighted by Gasteiger charge is 2.14. The number of methoxy groups -OCH3 is 1. The average Bonchev–Trinajstić information content (AvgIpc) is 2.45. The molecule has 0 aliphatic carbocycles. The Morgan fingerprint density at radius 3 is 2.45 bits per heavy atom. The van der Waals surface area contributed by atoms with Gasteiger partial charge in [0.15, 0.2) is 0 Å². The van der Waals surface area contributed by atoms with E-state index in [1.165, 1.54) is 5.56 Å². The molecule has 0 aliphatic rings. The predicted molar refractivity (Wildman–Crippen MR) is 82.0 cm³/mol. The molecular formula is C16H26N2O2. The first kappa shape index (κ1) is 16.5. The van der Waals surface area contributed by atoms with E-state index in [4.69, 9.17) is 4.74 Å². The molecule has 0 spiro atoms. The van der Waals surface area contributed by atoms with E-state index in [1.54, 1.807) is 7.11 Å². The van der Waals surface area contributed by atoms with E-state index in [0.29, 0.717) is 6.54 Å². The quantitative estimate of drug-likeness (QED) is 0.764. The summed E-state index contributed by atoms with van der Waals surface area (Å²) in [5, 5.41) is 6.07. The van der Waals surface area contributed by atoms with Gasteiger partial charge in [-0.25, -0.2) is 0 Å². The van der Waals surface area contributed by atoms with E-state index in [2.05, 4.69) is 22.8 Å². The molecule has 1 amide bonds. The molecule has 1 rings (SSSR count). The first-order valence-electron chi connectivity index (χ1n) is 7.14. The highest BCUT2D eigenvalue weighted by Crippen LogP contribution is 2.13. The number of ether oxygens (including phenoxy) is 1. The van der Waals surface area contributed by atoms with Gasteiger partial charge in [-0.2, -0.15) is 0 Å². The van der Waals surface area contributed by atoms with Crippen molar-refractivity contribution in [3.63, 3.8) is 0 Å². The first-order chi connectivity index (χ1) is 9.56. The molecule has 2 N–H and O–H groups in total. The molecule has 4 nitrogen and oxygen atoms in total. The Kier molecular flexibility index (Phi) is 7.09. The number of carbonyl (C=O) groups excluding carboxylic acids is 1. The highest BCUT2D eigenvalue weighted by molar-refractivity contribution is 5.78. The molecule has 1 aromatic rings. The molecule has 20 heavy (non-hydrogen) atoms. The van der Waals surface area contributed by atoms with Crippen LogP contribution in [0.2, 0.25) is 0 Å². The molecular weight excluding hydrogens is 252 g/mol. The number of benzene rings is 1. The molecule has 0 radical (unpaired) electrons. The lowest BCUT2D eigenvalue weighted by Gasteiger charge is -2.17. The third-order valence-corrected chi connectivity index (χ3v) is 3.37. The van der Waals surface area contributed by atoms with Gasteiger partial charge in [0.05, 0.1) is 7.11 Å². The molecule has 4 heteroatoms.